The van der Waals surface area contributed by atoms with Gasteiger partial charge in [0.15, 0.2) is 0 Å². The molecule has 0 aromatic heterocycles. The Hall–Kier alpha value is -4.12. The topological polar surface area (TPSA) is 111 Å². The zero-order valence-electron chi connectivity index (χ0n) is 21.4. The average Bonchev–Trinajstić information content (AvgIpc) is 3.32. The van der Waals surface area contributed by atoms with Crippen molar-refractivity contribution in [3.63, 3.8) is 0 Å². The maximum Gasteiger partial charge on any atom is 0.335 e. The van der Waals surface area contributed by atoms with E-state index in [2.05, 4.69) is 26.6 Å². The maximum absolute atomic E-state index is 14.5. The number of hydrogen-bond acceptors (Lipinski definition) is 5. The van der Waals surface area contributed by atoms with Crippen molar-refractivity contribution in [3.8, 4) is 5.75 Å². The molecule has 3 N–H and O–H groups in total. The molecule has 1 aliphatic rings. The molecule has 1 fully saturated rings. The maximum atomic E-state index is 14.5. The van der Waals surface area contributed by atoms with E-state index < -0.39 is 24.3 Å². The summed E-state index contributed by atoms with van der Waals surface area (Å²) in [4.78, 5) is 40.2. The number of carboxylic acids is 1. The second kappa shape index (κ2) is 12.2. The molecule has 0 aliphatic carbocycles. The third-order valence-electron chi connectivity index (χ3n) is 6.50. The Morgan fingerprint density at radius 1 is 1.08 bits per heavy atom. The molecule has 1 aliphatic heterocycles. The van der Waals surface area contributed by atoms with Gasteiger partial charge >= 0.3 is 12.0 Å². The van der Waals surface area contributed by atoms with Gasteiger partial charge in [-0.2, -0.15) is 0 Å². The Kier molecular flexibility index (Phi) is 8.70. The molecular weight excluding hydrogens is 571 g/mol. The van der Waals surface area contributed by atoms with Gasteiger partial charge in [0.1, 0.15) is 18.1 Å². The van der Waals surface area contributed by atoms with Crippen LogP contribution in [0.2, 0.25) is 0 Å². The predicted molar refractivity (Wildman–Crippen MR) is 150 cm³/mol. The lowest BCUT2D eigenvalue weighted by atomic mass is 10.1. The van der Waals surface area contributed by atoms with E-state index in [1.165, 1.54) is 24.1 Å². The van der Waals surface area contributed by atoms with Crippen LogP contribution in [0.25, 0.3) is 0 Å². The summed E-state index contributed by atoms with van der Waals surface area (Å²) >= 11 is 3.39. The van der Waals surface area contributed by atoms with Crippen molar-refractivity contribution in [3.05, 3.63) is 82.3 Å². The van der Waals surface area contributed by atoms with Gasteiger partial charge in [-0.3, -0.25) is 4.79 Å². The minimum absolute atomic E-state index is 0.00874. The highest BCUT2D eigenvalue weighted by atomic mass is 79.9. The number of para-hydroxylation sites is 1. The van der Waals surface area contributed by atoms with E-state index in [1.54, 1.807) is 54.4 Å². The fourth-order valence-electron chi connectivity index (χ4n) is 4.48. The van der Waals surface area contributed by atoms with Crippen LogP contribution >= 0.6 is 15.9 Å². The van der Waals surface area contributed by atoms with Crippen molar-refractivity contribution in [1.29, 1.82) is 0 Å². The van der Waals surface area contributed by atoms with Crippen molar-refractivity contribution in [2.24, 2.45) is 0 Å². The number of alkyl halides is 1. The molecule has 9 nitrogen and oxygen atoms in total. The first-order valence-corrected chi connectivity index (χ1v) is 12.9. The minimum Gasteiger partial charge on any atom is -0.495 e. The summed E-state index contributed by atoms with van der Waals surface area (Å²) in [5.74, 6) is -0.921. The van der Waals surface area contributed by atoms with Crippen molar-refractivity contribution in [1.82, 2.24) is 4.90 Å². The van der Waals surface area contributed by atoms with Crippen LogP contribution in [-0.2, 0) is 11.2 Å². The van der Waals surface area contributed by atoms with Crippen LogP contribution in [0.3, 0.4) is 0 Å². The second-order valence-electron chi connectivity index (χ2n) is 9.09. The Labute approximate surface area is 233 Å². The SMILES string of the molecule is COc1cc(CC(=O)N2CC(F)CC2N(C)c2ccc(C(=O)O)cc2)ccc1NC(=O)Nc1ccccc1Br. The van der Waals surface area contributed by atoms with Crippen molar-refractivity contribution >= 4 is 50.9 Å². The number of halogens is 2. The van der Waals surface area contributed by atoms with E-state index in [0.717, 1.165) is 4.47 Å². The summed E-state index contributed by atoms with van der Waals surface area (Å²) in [5, 5.41) is 14.6. The number of carbonyl (C=O) groups is 3. The van der Waals surface area contributed by atoms with Gasteiger partial charge in [-0.15, -0.1) is 0 Å². The monoisotopic (exact) mass is 598 g/mol. The normalized spacial score (nSPS) is 16.5. The first-order valence-electron chi connectivity index (χ1n) is 12.2. The molecule has 3 aromatic carbocycles. The van der Waals surface area contributed by atoms with E-state index >= 15 is 0 Å². The number of aromatic carboxylic acids is 1. The first-order chi connectivity index (χ1) is 18.7. The highest BCUT2D eigenvalue weighted by molar-refractivity contribution is 9.10. The van der Waals surface area contributed by atoms with Crippen LogP contribution in [-0.4, -0.2) is 61.0 Å². The van der Waals surface area contributed by atoms with E-state index in [4.69, 9.17) is 9.84 Å². The van der Waals surface area contributed by atoms with E-state index in [1.807, 2.05) is 12.1 Å². The Morgan fingerprint density at radius 3 is 2.44 bits per heavy atom. The van der Waals surface area contributed by atoms with Gasteiger partial charge in [0.05, 0.1) is 37.0 Å². The molecule has 1 heterocycles. The number of carbonyl (C=O) groups excluding carboxylic acids is 2. The summed E-state index contributed by atoms with van der Waals surface area (Å²) in [5.41, 5.74) is 2.49. The number of urea groups is 1. The molecule has 0 spiro atoms. The van der Waals surface area contributed by atoms with Crippen LogP contribution in [0.4, 0.5) is 26.2 Å². The molecule has 0 bridgehead atoms. The number of benzene rings is 3. The van der Waals surface area contributed by atoms with Crippen molar-refractivity contribution in [2.45, 2.75) is 25.2 Å². The number of ether oxygens (including phenoxy) is 1. The number of nitrogens with zero attached hydrogens (tertiary/aromatic N) is 2. The van der Waals surface area contributed by atoms with Gasteiger partial charge in [-0.25, -0.2) is 14.0 Å². The number of rotatable bonds is 8. The Bertz CT molecular complexity index is 1370. The van der Waals surface area contributed by atoms with Crippen LogP contribution in [0.1, 0.15) is 22.3 Å². The van der Waals surface area contributed by atoms with Crippen molar-refractivity contribution in [2.75, 3.05) is 36.2 Å². The molecule has 204 valence electrons. The fourth-order valence-corrected chi connectivity index (χ4v) is 4.86. The molecule has 3 amide bonds. The fraction of sp³-hybridized carbons (Fsp3) is 0.250. The Balaban J connectivity index is 1.44. The molecular formula is C28H28BrFN4O5. The zero-order valence-corrected chi connectivity index (χ0v) is 22.9. The smallest absolute Gasteiger partial charge is 0.335 e. The minimum atomic E-state index is -1.18. The quantitative estimate of drug-likeness (QED) is 0.321. The van der Waals surface area contributed by atoms with Crippen molar-refractivity contribution < 1.29 is 28.6 Å². The van der Waals surface area contributed by atoms with Gasteiger partial charge < -0.3 is 30.3 Å². The molecule has 3 aromatic rings. The van der Waals surface area contributed by atoms with Gasteiger partial charge in [0, 0.05) is 23.6 Å². The number of nitrogens with one attached hydrogen (secondary N) is 2. The summed E-state index contributed by atoms with van der Waals surface area (Å²) < 4.78 is 20.7. The second-order valence-corrected chi connectivity index (χ2v) is 9.95. The number of carboxylic acid groups (broad SMARTS) is 1. The van der Waals surface area contributed by atoms with Gasteiger partial charge in [-0.05, 0) is 70.0 Å². The van der Waals surface area contributed by atoms with Gasteiger partial charge in [0.2, 0.25) is 5.91 Å². The summed E-state index contributed by atoms with van der Waals surface area (Å²) in [6.45, 7) is -0.0347. The molecule has 1 saturated heterocycles. The van der Waals surface area contributed by atoms with Crippen LogP contribution < -0.4 is 20.3 Å². The lowest BCUT2D eigenvalue weighted by Crippen LogP contribution is -2.46. The lowest BCUT2D eigenvalue weighted by Gasteiger charge is -2.34. The molecule has 0 radical (unpaired) electrons. The summed E-state index contributed by atoms with van der Waals surface area (Å²) in [6, 6.07) is 18.0. The number of likely N-dealkylation sites (tertiary alicyclic amines) is 1. The third kappa shape index (κ3) is 6.66. The zero-order chi connectivity index (χ0) is 28.1. The highest BCUT2D eigenvalue weighted by Gasteiger charge is 2.37. The molecule has 2 atom stereocenters. The van der Waals surface area contributed by atoms with Gasteiger partial charge in [0.25, 0.3) is 0 Å². The van der Waals surface area contributed by atoms with E-state index in [9.17, 15) is 18.8 Å². The number of hydrogen-bond donors (Lipinski definition) is 3. The van der Waals surface area contributed by atoms with Crippen LogP contribution in [0.5, 0.6) is 5.75 Å². The van der Waals surface area contributed by atoms with E-state index in [-0.39, 0.29) is 30.9 Å². The largest absolute Gasteiger partial charge is 0.495 e. The highest BCUT2D eigenvalue weighted by Crippen LogP contribution is 2.30. The Morgan fingerprint density at radius 2 is 1.77 bits per heavy atom. The lowest BCUT2D eigenvalue weighted by molar-refractivity contribution is -0.131. The number of anilines is 3. The number of methoxy groups -OCH3 is 1. The van der Waals surface area contributed by atoms with Crippen LogP contribution in [0, 0.1) is 0 Å². The summed E-state index contributed by atoms with van der Waals surface area (Å²) in [7, 11) is 3.22. The average molecular weight is 599 g/mol. The standard InChI is InChI=1S/C28H28BrFN4O5/c1-33(20-10-8-18(9-11-20)27(36)37)25-15-19(30)16-34(25)26(35)14-17-7-12-23(24(13-17)39-2)32-28(38)31-22-6-4-3-5-21(22)29/h3-13,19,25H,14-16H2,1-2H3,(H,36,37)(H2,31,32,38). The molecule has 11 heteroatoms. The number of amides is 3. The van der Waals surface area contributed by atoms with Crippen LogP contribution in [0.15, 0.2) is 71.2 Å². The third-order valence-corrected chi connectivity index (χ3v) is 7.19. The predicted octanol–water partition coefficient (Wildman–Crippen LogP) is 5.38. The van der Waals surface area contributed by atoms with E-state index in [0.29, 0.717) is 28.4 Å². The summed E-state index contributed by atoms with van der Waals surface area (Å²) in [6.07, 6.45) is -1.55. The molecule has 39 heavy (non-hydrogen) atoms. The first kappa shape index (κ1) is 27.9. The molecule has 4 rings (SSSR count). The van der Waals surface area contributed by atoms with Gasteiger partial charge in [-0.1, -0.05) is 18.2 Å². The molecule has 0 saturated carbocycles. The molecule has 2 unspecified atom stereocenters.